The Labute approximate surface area is 135 Å². The van der Waals surface area contributed by atoms with Crippen molar-refractivity contribution in [3.05, 3.63) is 28.2 Å². The number of hydrogen-bond donors (Lipinski definition) is 3. The maximum Gasteiger partial charge on any atom is 0.156 e. The molecule has 0 spiro atoms. The van der Waals surface area contributed by atoms with E-state index in [2.05, 4.69) is 5.32 Å². The van der Waals surface area contributed by atoms with Crippen molar-refractivity contribution in [3.63, 3.8) is 0 Å². The van der Waals surface area contributed by atoms with E-state index in [1.807, 2.05) is 0 Å². The van der Waals surface area contributed by atoms with Gasteiger partial charge >= 0.3 is 0 Å². The van der Waals surface area contributed by atoms with Gasteiger partial charge in [0.2, 0.25) is 0 Å². The third-order valence-electron chi connectivity index (χ3n) is 3.67. The summed E-state index contributed by atoms with van der Waals surface area (Å²) in [5.41, 5.74) is 0. The van der Waals surface area contributed by atoms with E-state index in [-0.39, 0.29) is 12.7 Å². The molecule has 1 aliphatic carbocycles. The zero-order valence-electron chi connectivity index (χ0n) is 11.8. The van der Waals surface area contributed by atoms with Crippen molar-refractivity contribution in [2.75, 3.05) is 19.7 Å². The molecular formula is C15H21Cl2NO3. The lowest BCUT2D eigenvalue weighted by atomic mass is 10.1. The monoisotopic (exact) mass is 333 g/mol. The van der Waals surface area contributed by atoms with Crippen LogP contribution in [0.2, 0.25) is 10.0 Å². The minimum absolute atomic E-state index is 0.129. The molecule has 1 aliphatic rings. The average molecular weight is 334 g/mol. The summed E-state index contributed by atoms with van der Waals surface area (Å²) in [4.78, 5) is 0. The predicted octanol–water partition coefficient (Wildman–Crippen LogP) is 2.48. The van der Waals surface area contributed by atoms with Gasteiger partial charge in [-0.25, -0.2) is 0 Å². The summed E-state index contributed by atoms with van der Waals surface area (Å²) in [6, 6.07) is 5.13. The number of benzene rings is 1. The van der Waals surface area contributed by atoms with Gasteiger partial charge in [-0.15, -0.1) is 0 Å². The van der Waals surface area contributed by atoms with Gasteiger partial charge in [-0.1, -0.05) is 29.3 Å². The van der Waals surface area contributed by atoms with Crippen LogP contribution in [0.15, 0.2) is 18.2 Å². The highest BCUT2D eigenvalue weighted by molar-refractivity contribution is 6.37. The molecule has 6 heteroatoms. The van der Waals surface area contributed by atoms with Gasteiger partial charge in [-0.3, -0.25) is 0 Å². The summed E-state index contributed by atoms with van der Waals surface area (Å²) in [7, 11) is 0. The molecule has 21 heavy (non-hydrogen) atoms. The molecule has 1 aromatic rings. The summed E-state index contributed by atoms with van der Waals surface area (Å²) < 4.78 is 5.48. The van der Waals surface area contributed by atoms with Crippen molar-refractivity contribution >= 4 is 23.2 Å². The number of nitrogens with one attached hydrogen (secondary N) is 1. The second kappa shape index (κ2) is 8.20. The SMILES string of the molecule is OC(CNCC1CCC(O)C1)COc1c(Cl)cccc1Cl. The largest absolute Gasteiger partial charge is 0.488 e. The van der Waals surface area contributed by atoms with E-state index in [1.54, 1.807) is 18.2 Å². The van der Waals surface area contributed by atoms with Crippen LogP contribution in [0.4, 0.5) is 0 Å². The highest BCUT2D eigenvalue weighted by atomic mass is 35.5. The molecule has 3 atom stereocenters. The Morgan fingerprint density at radius 3 is 2.62 bits per heavy atom. The van der Waals surface area contributed by atoms with Crippen LogP contribution in [0.5, 0.6) is 5.75 Å². The molecule has 0 aliphatic heterocycles. The zero-order valence-corrected chi connectivity index (χ0v) is 13.3. The molecule has 0 bridgehead atoms. The third kappa shape index (κ3) is 5.31. The number of hydrogen-bond acceptors (Lipinski definition) is 4. The Morgan fingerprint density at radius 1 is 1.29 bits per heavy atom. The summed E-state index contributed by atoms with van der Waals surface area (Å²) in [5.74, 6) is 0.893. The number of aliphatic hydroxyl groups is 2. The van der Waals surface area contributed by atoms with Gasteiger partial charge in [0.15, 0.2) is 5.75 Å². The lowest BCUT2D eigenvalue weighted by Crippen LogP contribution is -2.34. The van der Waals surface area contributed by atoms with E-state index >= 15 is 0 Å². The van der Waals surface area contributed by atoms with Gasteiger partial charge in [-0.05, 0) is 43.9 Å². The lowest BCUT2D eigenvalue weighted by molar-refractivity contribution is 0.105. The highest BCUT2D eigenvalue weighted by Crippen LogP contribution is 2.32. The van der Waals surface area contributed by atoms with E-state index in [1.165, 1.54) is 0 Å². The molecule has 1 aromatic carbocycles. The third-order valence-corrected chi connectivity index (χ3v) is 4.26. The first kappa shape index (κ1) is 16.8. The number of halogens is 2. The summed E-state index contributed by atoms with van der Waals surface area (Å²) >= 11 is 12.0. The van der Waals surface area contributed by atoms with Gasteiger partial charge in [0.1, 0.15) is 12.7 Å². The minimum Gasteiger partial charge on any atom is -0.488 e. The zero-order chi connectivity index (χ0) is 15.2. The standard InChI is InChI=1S/C15H21Cl2NO3/c16-13-2-1-3-14(17)15(13)21-9-12(20)8-18-7-10-4-5-11(19)6-10/h1-3,10-12,18-20H,4-9H2. The Morgan fingerprint density at radius 2 is 2.00 bits per heavy atom. The molecule has 0 amide bonds. The van der Waals surface area contributed by atoms with Crippen molar-refractivity contribution in [1.29, 1.82) is 0 Å². The van der Waals surface area contributed by atoms with Crippen LogP contribution in [0.3, 0.4) is 0 Å². The molecule has 118 valence electrons. The van der Waals surface area contributed by atoms with Crippen LogP contribution < -0.4 is 10.1 Å². The predicted molar refractivity (Wildman–Crippen MR) is 84.2 cm³/mol. The van der Waals surface area contributed by atoms with Crippen LogP contribution in [0.1, 0.15) is 19.3 Å². The fraction of sp³-hybridized carbons (Fsp3) is 0.600. The molecule has 1 fully saturated rings. The average Bonchev–Trinajstić information content (AvgIpc) is 2.84. The molecule has 4 nitrogen and oxygen atoms in total. The maximum atomic E-state index is 9.90. The minimum atomic E-state index is -0.635. The maximum absolute atomic E-state index is 9.90. The van der Waals surface area contributed by atoms with Crippen LogP contribution in [0, 0.1) is 5.92 Å². The fourth-order valence-electron chi connectivity index (χ4n) is 2.55. The Kier molecular flexibility index (Phi) is 6.58. The molecule has 2 rings (SSSR count). The molecule has 0 heterocycles. The van der Waals surface area contributed by atoms with E-state index < -0.39 is 6.10 Å². The van der Waals surface area contributed by atoms with Crippen molar-refractivity contribution < 1.29 is 14.9 Å². The normalized spacial score (nSPS) is 23.2. The molecule has 3 unspecified atom stereocenters. The number of ether oxygens (including phenoxy) is 1. The topological polar surface area (TPSA) is 61.7 Å². The Bertz CT molecular complexity index is 438. The molecular weight excluding hydrogens is 313 g/mol. The Balaban J connectivity index is 1.66. The van der Waals surface area contributed by atoms with Crippen molar-refractivity contribution in [1.82, 2.24) is 5.32 Å². The number of rotatable bonds is 7. The van der Waals surface area contributed by atoms with Crippen molar-refractivity contribution in [3.8, 4) is 5.75 Å². The molecule has 0 radical (unpaired) electrons. The molecule has 0 aromatic heterocycles. The van der Waals surface area contributed by atoms with Crippen molar-refractivity contribution in [2.24, 2.45) is 5.92 Å². The fourth-order valence-corrected chi connectivity index (χ4v) is 3.05. The van der Waals surface area contributed by atoms with Gasteiger partial charge in [0.05, 0.1) is 16.1 Å². The van der Waals surface area contributed by atoms with E-state index in [0.717, 1.165) is 25.8 Å². The van der Waals surface area contributed by atoms with Gasteiger partial charge < -0.3 is 20.3 Å². The van der Waals surface area contributed by atoms with Crippen LogP contribution in [0.25, 0.3) is 0 Å². The van der Waals surface area contributed by atoms with Crippen molar-refractivity contribution in [2.45, 2.75) is 31.5 Å². The van der Waals surface area contributed by atoms with Gasteiger partial charge in [0.25, 0.3) is 0 Å². The van der Waals surface area contributed by atoms with Crippen LogP contribution in [-0.4, -0.2) is 42.1 Å². The first-order chi connectivity index (χ1) is 10.1. The van der Waals surface area contributed by atoms with Gasteiger partial charge in [-0.2, -0.15) is 0 Å². The van der Waals surface area contributed by atoms with Crippen LogP contribution in [-0.2, 0) is 0 Å². The lowest BCUT2D eigenvalue weighted by Gasteiger charge is -2.16. The van der Waals surface area contributed by atoms with E-state index in [0.29, 0.717) is 28.3 Å². The number of para-hydroxylation sites is 1. The summed E-state index contributed by atoms with van der Waals surface area (Å²) in [6.45, 7) is 1.37. The molecule has 3 N–H and O–H groups in total. The second-order valence-electron chi connectivity index (χ2n) is 5.51. The first-order valence-electron chi connectivity index (χ1n) is 7.20. The number of aliphatic hydroxyl groups excluding tert-OH is 2. The van der Waals surface area contributed by atoms with E-state index in [9.17, 15) is 10.2 Å². The molecule has 1 saturated carbocycles. The summed E-state index contributed by atoms with van der Waals surface area (Å²) in [5, 5.41) is 23.4. The van der Waals surface area contributed by atoms with E-state index in [4.69, 9.17) is 27.9 Å². The summed E-state index contributed by atoms with van der Waals surface area (Å²) in [6.07, 6.45) is 1.96. The smallest absolute Gasteiger partial charge is 0.156 e. The molecule has 0 saturated heterocycles. The second-order valence-corrected chi connectivity index (χ2v) is 6.32. The highest BCUT2D eigenvalue weighted by Gasteiger charge is 2.22. The first-order valence-corrected chi connectivity index (χ1v) is 7.95. The quantitative estimate of drug-likeness (QED) is 0.717. The van der Waals surface area contributed by atoms with Crippen LogP contribution >= 0.6 is 23.2 Å². The Hall–Kier alpha value is -0.520. The van der Waals surface area contributed by atoms with Gasteiger partial charge in [0, 0.05) is 6.54 Å².